The van der Waals surface area contributed by atoms with Crippen LogP contribution in [0.1, 0.15) is 52.0 Å². The van der Waals surface area contributed by atoms with E-state index >= 15 is 0 Å². The molecule has 1 amide bonds. The molecule has 0 spiro atoms. The van der Waals surface area contributed by atoms with Gasteiger partial charge in [-0.25, -0.2) is 4.98 Å². The Bertz CT molecular complexity index is 997. The molecule has 0 radical (unpaired) electrons. The minimum Gasteiger partial charge on any atom is -0.481 e. The van der Waals surface area contributed by atoms with Crippen molar-refractivity contribution in [3.63, 3.8) is 0 Å². The molecule has 30 heavy (non-hydrogen) atoms. The van der Waals surface area contributed by atoms with Gasteiger partial charge in [0.2, 0.25) is 0 Å². The van der Waals surface area contributed by atoms with Gasteiger partial charge in [-0.15, -0.1) is 22.7 Å². The van der Waals surface area contributed by atoms with Crippen LogP contribution in [0.2, 0.25) is 0 Å². The third-order valence-electron chi connectivity index (χ3n) is 4.51. The van der Waals surface area contributed by atoms with Crippen LogP contribution in [0.4, 0.5) is 10.8 Å². The van der Waals surface area contributed by atoms with E-state index < -0.39 is 5.97 Å². The molecule has 0 saturated heterocycles. The summed E-state index contributed by atoms with van der Waals surface area (Å²) in [6.07, 6.45) is 4.53. The number of hydrogen-bond donors (Lipinski definition) is 3. The number of carbonyl (C=O) groups excluding carboxylic acids is 1. The van der Waals surface area contributed by atoms with Crippen molar-refractivity contribution in [3.8, 4) is 0 Å². The van der Waals surface area contributed by atoms with E-state index in [1.54, 1.807) is 11.4 Å². The lowest BCUT2D eigenvalue weighted by Gasteiger charge is -2.11. The predicted octanol–water partition coefficient (Wildman–Crippen LogP) is 5.43. The second-order valence-electron chi connectivity index (χ2n) is 6.90. The lowest BCUT2D eigenvalue weighted by Crippen LogP contribution is -2.10. The van der Waals surface area contributed by atoms with Crippen LogP contribution >= 0.6 is 22.7 Å². The number of unbranched alkanes of at least 4 members (excludes halogenated alkanes) is 2. The molecule has 2 heterocycles. The lowest BCUT2D eigenvalue weighted by molar-refractivity contribution is -0.136. The van der Waals surface area contributed by atoms with E-state index in [1.807, 2.05) is 12.1 Å². The summed E-state index contributed by atoms with van der Waals surface area (Å²) in [6.45, 7) is 2.86. The third-order valence-corrected chi connectivity index (χ3v) is 6.40. The Hall–Kier alpha value is -2.71. The standard InChI is InChI=1S/C22H25N3O3S2/c1-2-3-4-7-15-8-5-6-9-18(15)23-13-17-10-11-19(30-17)21(28)25-22-24-16(14-29-22)12-20(26)27/h5-6,8-11,14,23H,2-4,7,12-13H2,1H3,(H,26,27)(H,24,25,28). The molecule has 0 aliphatic heterocycles. The summed E-state index contributed by atoms with van der Waals surface area (Å²) in [6, 6.07) is 12.1. The van der Waals surface area contributed by atoms with Crippen LogP contribution in [0.25, 0.3) is 0 Å². The fraction of sp³-hybridized carbons (Fsp3) is 0.318. The number of para-hydroxylation sites is 1. The first-order chi connectivity index (χ1) is 14.5. The number of carbonyl (C=O) groups is 2. The van der Waals surface area contributed by atoms with Crippen molar-refractivity contribution in [1.29, 1.82) is 0 Å². The van der Waals surface area contributed by atoms with E-state index in [2.05, 4.69) is 40.7 Å². The molecule has 3 N–H and O–H groups in total. The zero-order valence-electron chi connectivity index (χ0n) is 16.8. The van der Waals surface area contributed by atoms with Crippen LogP contribution in [-0.4, -0.2) is 22.0 Å². The SMILES string of the molecule is CCCCCc1ccccc1NCc1ccc(C(=O)Nc2nc(CC(=O)O)cs2)s1. The Morgan fingerprint density at radius 3 is 2.77 bits per heavy atom. The Morgan fingerprint density at radius 2 is 1.97 bits per heavy atom. The van der Waals surface area contributed by atoms with Gasteiger partial charge in [0.25, 0.3) is 5.91 Å². The number of aliphatic carboxylic acids is 1. The van der Waals surface area contributed by atoms with Crippen LogP contribution in [0.3, 0.4) is 0 Å². The second kappa shape index (κ2) is 10.9. The van der Waals surface area contributed by atoms with Crippen LogP contribution in [0, 0.1) is 0 Å². The minimum atomic E-state index is -0.944. The average molecular weight is 444 g/mol. The maximum absolute atomic E-state index is 12.5. The first-order valence-electron chi connectivity index (χ1n) is 9.93. The molecule has 8 heteroatoms. The smallest absolute Gasteiger partial charge is 0.309 e. The van der Waals surface area contributed by atoms with Crippen molar-refractivity contribution in [1.82, 2.24) is 4.98 Å². The van der Waals surface area contributed by atoms with Gasteiger partial charge in [0, 0.05) is 22.5 Å². The fourth-order valence-electron chi connectivity index (χ4n) is 3.01. The highest BCUT2D eigenvalue weighted by Crippen LogP contribution is 2.23. The lowest BCUT2D eigenvalue weighted by atomic mass is 10.1. The van der Waals surface area contributed by atoms with Gasteiger partial charge >= 0.3 is 5.97 Å². The molecule has 0 bridgehead atoms. The molecule has 0 fully saturated rings. The minimum absolute atomic E-state index is 0.152. The van der Waals surface area contributed by atoms with Crippen LogP contribution in [-0.2, 0) is 24.2 Å². The van der Waals surface area contributed by atoms with Crippen molar-refractivity contribution in [2.75, 3.05) is 10.6 Å². The Kier molecular flexibility index (Phi) is 7.98. The van der Waals surface area contributed by atoms with Crippen LogP contribution < -0.4 is 10.6 Å². The number of benzene rings is 1. The molecule has 0 saturated carbocycles. The molecule has 1 aromatic carbocycles. The van der Waals surface area contributed by atoms with Crippen molar-refractivity contribution >= 4 is 45.4 Å². The number of nitrogens with one attached hydrogen (secondary N) is 2. The van der Waals surface area contributed by atoms with E-state index in [0.717, 1.165) is 17.0 Å². The van der Waals surface area contributed by atoms with Gasteiger partial charge in [-0.3, -0.25) is 14.9 Å². The van der Waals surface area contributed by atoms with Gasteiger partial charge in [-0.05, 0) is 36.6 Å². The van der Waals surface area contributed by atoms with Crippen molar-refractivity contribution < 1.29 is 14.7 Å². The summed E-state index contributed by atoms with van der Waals surface area (Å²) in [7, 11) is 0. The van der Waals surface area contributed by atoms with Crippen LogP contribution in [0.5, 0.6) is 0 Å². The monoisotopic (exact) mass is 443 g/mol. The van der Waals surface area contributed by atoms with Gasteiger partial charge in [-0.1, -0.05) is 38.0 Å². The van der Waals surface area contributed by atoms with E-state index in [9.17, 15) is 9.59 Å². The summed E-state index contributed by atoms with van der Waals surface area (Å²) in [5, 5.41) is 17.1. The van der Waals surface area contributed by atoms with Crippen LogP contribution in [0.15, 0.2) is 41.8 Å². The maximum atomic E-state index is 12.5. The number of thiophene rings is 1. The summed E-state index contributed by atoms with van der Waals surface area (Å²) in [4.78, 5) is 29.0. The number of aryl methyl sites for hydroxylation is 1. The average Bonchev–Trinajstić information content (AvgIpc) is 3.36. The Labute approximate surface area is 184 Å². The molecule has 0 aliphatic carbocycles. The Morgan fingerprint density at radius 1 is 1.13 bits per heavy atom. The summed E-state index contributed by atoms with van der Waals surface area (Å²) in [5.74, 6) is -1.18. The number of rotatable bonds is 11. The van der Waals surface area contributed by atoms with Gasteiger partial charge in [0.15, 0.2) is 5.13 Å². The second-order valence-corrected chi connectivity index (χ2v) is 8.93. The Balaban J connectivity index is 1.56. The number of aromatic nitrogens is 1. The highest BCUT2D eigenvalue weighted by atomic mass is 32.1. The van der Waals surface area contributed by atoms with E-state index in [4.69, 9.17) is 5.11 Å². The highest BCUT2D eigenvalue weighted by molar-refractivity contribution is 7.15. The van der Waals surface area contributed by atoms with Crippen molar-refractivity contribution in [3.05, 3.63) is 62.8 Å². The van der Waals surface area contributed by atoms with Gasteiger partial charge in [0.05, 0.1) is 17.0 Å². The van der Waals surface area contributed by atoms with Crippen molar-refractivity contribution in [2.24, 2.45) is 0 Å². The molecular formula is C22H25N3O3S2. The van der Waals surface area contributed by atoms with E-state index in [1.165, 1.54) is 47.5 Å². The first-order valence-corrected chi connectivity index (χ1v) is 11.6. The number of anilines is 2. The van der Waals surface area contributed by atoms with E-state index in [0.29, 0.717) is 22.2 Å². The van der Waals surface area contributed by atoms with E-state index in [-0.39, 0.29) is 12.3 Å². The fourth-order valence-corrected chi connectivity index (χ4v) is 4.56. The first kappa shape index (κ1) is 22.0. The molecule has 2 aromatic heterocycles. The van der Waals surface area contributed by atoms with Gasteiger partial charge in [-0.2, -0.15) is 0 Å². The molecule has 0 aliphatic rings. The number of nitrogens with zero attached hydrogens (tertiary/aromatic N) is 1. The number of carboxylic acids is 1. The predicted molar refractivity (Wildman–Crippen MR) is 123 cm³/mol. The molecule has 3 aromatic rings. The van der Waals surface area contributed by atoms with Gasteiger partial charge in [0.1, 0.15) is 0 Å². The third kappa shape index (κ3) is 6.40. The van der Waals surface area contributed by atoms with Gasteiger partial charge < -0.3 is 10.4 Å². The highest BCUT2D eigenvalue weighted by Gasteiger charge is 2.13. The quantitative estimate of drug-likeness (QED) is 0.344. The normalized spacial score (nSPS) is 10.7. The summed E-state index contributed by atoms with van der Waals surface area (Å²) >= 11 is 2.66. The number of carboxylic acid groups (broad SMARTS) is 1. The molecular weight excluding hydrogens is 418 g/mol. The summed E-state index contributed by atoms with van der Waals surface area (Å²) < 4.78 is 0. The molecule has 0 atom stereocenters. The molecule has 0 unspecified atom stereocenters. The topological polar surface area (TPSA) is 91.3 Å². The molecule has 6 nitrogen and oxygen atoms in total. The molecule has 3 rings (SSSR count). The summed E-state index contributed by atoms with van der Waals surface area (Å²) in [5.41, 5.74) is 2.90. The van der Waals surface area contributed by atoms with Crippen molar-refractivity contribution in [2.45, 2.75) is 45.6 Å². The number of amides is 1. The zero-order chi connectivity index (χ0) is 21.3. The number of thiazole rings is 1. The number of hydrogen-bond acceptors (Lipinski definition) is 6. The molecule has 158 valence electrons. The largest absolute Gasteiger partial charge is 0.481 e. The zero-order valence-corrected chi connectivity index (χ0v) is 18.4. The maximum Gasteiger partial charge on any atom is 0.309 e.